The molecule has 2 aromatic carbocycles. The fourth-order valence-corrected chi connectivity index (χ4v) is 4.27. The van der Waals surface area contributed by atoms with Crippen LogP contribution >= 0.6 is 11.6 Å². The maximum atomic E-state index is 13.3. The van der Waals surface area contributed by atoms with Crippen molar-refractivity contribution in [2.45, 2.75) is 44.7 Å². The topological polar surface area (TPSA) is 35.9 Å². The number of halogens is 2. The van der Waals surface area contributed by atoms with Gasteiger partial charge in [-0.25, -0.2) is 9.40 Å². The second-order valence-electron chi connectivity index (χ2n) is 7.88. The molecule has 2 heterocycles. The van der Waals surface area contributed by atoms with Crippen LogP contribution in [0.15, 0.2) is 53.6 Å². The number of nitrogens with zero attached hydrogens (tertiary/aromatic N) is 3. The fraction of sp³-hybridized carbons (Fsp3) is 0.391. The van der Waals surface area contributed by atoms with E-state index in [1.54, 1.807) is 17.1 Å². The molecular formula is C23H25ClFN3O. The average Bonchev–Trinajstić information content (AvgIpc) is 3.16. The number of likely N-dealkylation sites (tertiary alicyclic amines) is 1. The zero-order valence-electron chi connectivity index (χ0n) is 16.5. The summed E-state index contributed by atoms with van der Waals surface area (Å²) in [4.78, 5) is 15.5. The molecule has 2 aromatic rings. The van der Waals surface area contributed by atoms with Crippen molar-refractivity contribution in [3.8, 4) is 0 Å². The fourth-order valence-electron chi connectivity index (χ4n) is 4.14. The summed E-state index contributed by atoms with van der Waals surface area (Å²) in [6, 6.07) is 14.1. The van der Waals surface area contributed by atoms with Crippen LogP contribution in [0.4, 0.5) is 4.39 Å². The molecule has 0 saturated carbocycles. The summed E-state index contributed by atoms with van der Waals surface area (Å²) in [5.41, 5.74) is 2.63. The summed E-state index contributed by atoms with van der Waals surface area (Å²) in [7, 11) is 0. The highest BCUT2D eigenvalue weighted by Gasteiger charge is 2.34. The SMILES string of the molecule is CC1CCCCN1CC(=O)N1N=C(c2ccc(F)cc2)CC1c1ccc(Cl)cc1. The molecule has 2 atom stereocenters. The first kappa shape index (κ1) is 20.0. The van der Waals surface area contributed by atoms with Crippen molar-refractivity contribution in [1.29, 1.82) is 0 Å². The Morgan fingerprint density at radius 3 is 2.55 bits per heavy atom. The van der Waals surface area contributed by atoms with Gasteiger partial charge in [-0.05, 0) is 61.7 Å². The molecule has 1 fully saturated rings. The number of benzene rings is 2. The number of rotatable bonds is 4. The Kier molecular flexibility index (Phi) is 5.97. The predicted molar refractivity (Wildman–Crippen MR) is 113 cm³/mol. The van der Waals surface area contributed by atoms with Crippen LogP contribution in [-0.4, -0.2) is 40.7 Å². The third-order valence-electron chi connectivity index (χ3n) is 5.88. The van der Waals surface area contributed by atoms with Gasteiger partial charge in [0.25, 0.3) is 5.91 Å². The van der Waals surface area contributed by atoms with Gasteiger partial charge >= 0.3 is 0 Å². The average molecular weight is 414 g/mol. The largest absolute Gasteiger partial charge is 0.292 e. The van der Waals surface area contributed by atoms with Crippen LogP contribution in [0.2, 0.25) is 5.02 Å². The minimum atomic E-state index is -0.284. The quantitative estimate of drug-likeness (QED) is 0.704. The monoisotopic (exact) mass is 413 g/mol. The van der Waals surface area contributed by atoms with Crippen LogP contribution in [0.1, 0.15) is 49.8 Å². The molecule has 152 valence electrons. The van der Waals surface area contributed by atoms with Crippen molar-refractivity contribution in [3.05, 3.63) is 70.5 Å². The Hall–Kier alpha value is -2.24. The van der Waals surface area contributed by atoms with Crippen molar-refractivity contribution in [3.63, 3.8) is 0 Å². The highest BCUT2D eigenvalue weighted by molar-refractivity contribution is 6.30. The molecule has 1 saturated heterocycles. The first-order chi connectivity index (χ1) is 14.0. The standard InChI is InChI=1S/C23H25ClFN3O/c1-16-4-2-3-13-27(16)15-23(29)28-22(18-5-9-19(24)10-6-18)14-21(26-28)17-7-11-20(25)12-8-17/h5-12,16,22H,2-4,13-15H2,1H3. The molecule has 4 rings (SSSR count). The molecular weight excluding hydrogens is 389 g/mol. The van der Waals surface area contributed by atoms with Crippen LogP contribution in [-0.2, 0) is 4.79 Å². The summed E-state index contributed by atoms with van der Waals surface area (Å²) in [6.07, 6.45) is 4.06. The van der Waals surface area contributed by atoms with Crippen LogP contribution in [0.5, 0.6) is 0 Å². The molecule has 0 N–H and O–H groups in total. The summed E-state index contributed by atoms with van der Waals surface area (Å²) in [5.74, 6) is -0.288. The lowest BCUT2D eigenvalue weighted by atomic mass is 9.98. The zero-order valence-corrected chi connectivity index (χ0v) is 17.3. The van der Waals surface area contributed by atoms with Gasteiger partial charge in [0.05, 0.1) is 18.3 Å². The normalized spacial score (nSPS) is 22.6. The van der Waals surface area contributed by atoms with Crippen molar-refractivity contribution in [1.82, 2.24) is 9.91 Å². The third-order valence-corrected chi connectivity index (χ3v) is 6.13. The third kappa shape index (κ3) is 4.51. The number of amides is 1. The van der Waals surface area contributed by atoms with Crippen molar-refractivity contribution in [2.75, 3.05) is 13.1 Å². The molecule has 0 aromatic heterocycles. The second kappa shape index (κ2) is 8.64. The smallest absolute Gasteiger partial charge is 0.257 e. The number of hydrogen-bond acceptors (Lipinski definition) is 3. The van der Waals surface area contributed by atoms with Gasteiger partial charge < -0.3 is 0 Å². The van der Waals surface area contributed by atoms with E-state index in [4.69, 9.17) is 11.6 Å². The Labute approximate surface area is 176 Å². The van der Waals surface area contributed by atoms with E-state index in [0.717, 1.165) is 36.2 Å². The Morgan fingerprint density at radius 2 is 1.86 bits per heavy atom. The van der Waals surface area contributed by atoms with Crippen LogP contribution in [0, 0.1) is 5.82 Å². The molecule has 2 unspecified atom stereocenters. The van der Waals surface area contributed by atoms with Gasteiger partial charge in [0.1, 0.15) is 5.82 Å². The first-order valence-corrected chi connectivity index (χ1v) is 10.5. The van der Waals surface area contributed by atoms with E-state index in [9.17, 15) is 9.18 Å². The van der Waals surface area contributed by atoms with Crippen LogP contribution < -0.4 is 0 Å². The molecule has 0 spiro atoms. The highest BCUT2D eigenvalue weighted by Crippen LogP contribution is 2.33. The zero-order chi connectivity index (χ0) is 20.4. The minimum Gasteiger partial charge on any atom is -0.292 e. The number of hydrazone groups is 1. The molecule has 4 nitrogen and oxygen atoms in total. The summed E-state index contributed by atoms with van der Waals surface area (Å²) in [6.45, 7) is 3.49. The number of carbonyl (C=O) groups excluding carboxylic acids is 1. The van der Waals surface area contributed by atoms with Gasteiger partial charge in [-0.15, -0.1) is 0 Å². The molecule has 2 aliphatic heterocycles. The van der Waals surface area contributed by atoms with E-state index in [1.165, 1.54) is 18.6 Å². The van der Waals surface area contributed by atoms with Crippen LogP contribution in [0.3, 0.4) is 0 Å². The maximum Gasteiger partial charge on any atom is 0.257 e. The Bertz CT molecular complexity index is 897. The van der Waals surface area contributed by atoms with E-state index < -0.39 is 0 Å². The van der Waals surface area contributed by atoms with Gasteiger partial charge in [-0.2, -0.15) is 5.10 Å². The molecule has 0 radical (unpaired) electrons. The van der Waals surface area contributed by atoms with E-state index in [2.05, 4.69) is 16.9 Å². The number of hydrogen-bond donors (Lipinski definition) is 0. The second-order valence-corrected chi connectivity index (χ2v) is 8.32. The Morgan fingerprint density at radius 1 is 1.14 bits per heavy atom. The van der Waals surface area contributed by atoms with Crippen molar-refractivity contribution < 1.29 is 9.18 Å². The molecule has 0 aliphatic carbocycles. The van der Waals surface area contributed by atoms with Crippen LogP contribution in [0.25, 0.3) is 0 Å². The predicted octanol–water partition coefficient (Wildman–Crippen LogP) is 5.03. The first-order valence-electron chi connectivity index (χ1n) is 10.2. The van der Waals surface area contributed by atoms with Gasteiger partial charge in [-0.3, -0.25) is 9.69 Å². The minimum absolute atomic E-state index is 0.00388. The van der Waals surface area contributed by atoms with E-state index in [1.807, 2.05) is 24.3 Å². The van der Waals surface area contributed by atoms with E-state index >= 15 is 0 Å². The highest BCUT2D eigenvalue weighted by atomic mass is 35.5. The summed E-state index contributed by atoms with van der Waals surface area (Å²) < 4.78 is 13.3. The van der Waals surface area contributed by atoms with Crippen molar-refractivity contribution in [2.24, 2.45) is 5.10 Å². The lowest BCUT2D eigenvalue weighted by Crippen LogP contribution is -2.44. The lowest BCUT2D eigenvalue weighted by molar-refractivity contribution is -0.135. The molecule has 6 heteroatoms. The molecule has 0 bridgehead atoms. The molecule has 2 aliphatic rings. The Balaban J connectivity index is 1.60. The van der Waals surface area contributed by atoms with Gasteiger partial charge in [-0.1, -0.05) is 42.3 Å². The molecule has 1 amide bonds. The van der Waals surface area contributed by atoms with Gasteiger partial charge in [0, 0.05) is 17.5 Å². The maximum absolute atomic E-state index is 13.3. The number of carbonyl (C=O) groups is 1. The van der Waals surface area contributed by atoms with Gasteiger partial charge in [0.2, 0.25) is 0 Å². The van der Waals surface area contributed by atoms with E-state index in [0.29, 0.717) is 24.0 Å². The van der Waals surface area contributed by atoms with E-state index in [-0.39, 0.29) is 17.8 Å². The summed E-state index contributed by atoms with van der Waals surface area (Å²) >= 11 is 6.05. The van der Waals surface area contributed by atoms with Crippen molar-refractivity contribution >= 4 is 23.2 Å². The van der Waals surface area contributed by atoms with Gasteiger partial charge in [0.15, 0.2) is 0 Å². The lowest BCUT2D eigenvalue weighted by Gasteiger charge is -2.34. The number of piperidine rings is 1. The molecule has 29 heavy (non-hydrogen) atoms. The summed E-state index contributed by atoms with van der Waals surface area (Å²) in [5, 5.41) is 6.95.